The van der Waals surface area contributed by atoms with Gasteiger partial charge >= 0.3 is 0 Å². The van der Waals surface area contributed by atoms with Gasteiger partial charge in [0.25, 0.3) is 0 Å². The Kier molecular flexibility index (Phi) is 5.81. The highest BCUT2D eigenvalue weighted by Crippen LogP contribution is 2.34. The summed E-state index contributed by atoms with van der Waals surface area (Å²) in [5.41, 5.74) is 3.70. The molecular formula is C25H24N2OS. The van der Waals surface area contributed by atoms with Gasteiger partial charge in [-0.2, -0.15) is 0 Å². The number of hydrogen-bond acceptors (Lipinski definition) is 3. The molecule has 0 fully saturated rings. The Morgan fingerprint density at radius 2 is 1.72 bits per heavy atom. The molecule has 1 unspecified atom stereocenters. The number of pyridine rings is 1. The van der Waals surface area contributed by atoms with Gasteiger partial charge in [0.2, 0.25) is 0 Å². The first-order chi connectivity index (χ1) is 14.2. The van der Waals surface area contributed by atoms with Crippen molar-refractivity contribution in [2.75, 3.05) is 5.75 Å². The predicted molar refractivity (Wildman–Crippen MR) is 121 cm³/mol. The monoisotopic (exact) mass is 400 g/mol. The quantitative estimate of drug-likeness (QED) is 0.269. The Morgan fingerprint density at radius 3 is 2.45 bits per heavy atom. The molecule has 0 spiro atoms. The molecule has 0 aliphatic heterocycles. The number of benzene rings is 2. The first-order valence-corrected chi connectivity index (χ1v) is 10.9. The van der Waals surface area contributed by atoms with Gasteiger partial charge < -0.3 is 4.57 Å². The van der Waals surface area contributed by atoms with Crippen LogP contribution in [0.4, 0.5) is 0 Å². The molecule has 4 heteroatoms. The van der Waals surface area contributed by atoms with Crippen LogP contribution in [0.15, 0.2) is 84.0 Å². The number of thioether (sulfide) groups is 1. The summed E-state index contributed by atoms with van der Waals surface area (Å²) in [6.07, 6.45) is 2.81. The zero-order chi connectivity index (χ0) is 20.2. The smallest absolute Gasteiger partial charge is 0.195 e. The van der Waals surface area contributed by atoms with Crippen molar-refractivity contribution in [3.63, 3.8) is 0 Å². The van der Waals surface area contributed by atoms with E-state index in [2.05, 4.69) is 35.5 Å². The van der Waals surface area contributed by atoms with Crippen molar-refractivity contribution in [1.29, 1.82) is 0 Å². The summed E-state index contributed by atoms with van der Waals surface area (Å²) in [4.78, 5) is 17.8. The van der Waals surface area contributed by atoms with Crippen molar-refractivity contribution in [2.45, 2.75) is 31.3 Å². The molecule has 0 bridgehead atoms. The van der Waals surface area contributed by atoms with Crippen LogP contribution in [-0.2, 0) is 0 Å². The maximum Gasteiger partial charge on any atom is 0.195 e. The lowest BCUT2D eigenvalue weighted by atomic mass is 10.0. The maximum absolute atomic E-state index is 13.4. The van der Waals surface area contributed by atoms with Crippen molar-refractivity contribution in [3.8, 4) is 0 Å². The summed E-state index contributed by atoms with van der Waals surface area (Å²) in [6.45, 7) is 4.28. The zero-order valence-corrected chi connectivity index (χ0v) is 17.5. The van der Waals surface area contributed by atoms with Crippen LogP contribution in [0.3, 0.4) is 0 Å². The number of carbonyl (C=O) groups excluding carboxylic acids is 1. The topological polar surface area (TPSA) is 34.9 Å². The van der Waals surface area contributed by atoms with E-state index < -0.39 is 0 Å². The lowest BCUT2D eigenvalue weighted by molar-refractivity contribution is 0.103. The first-order valence-electron chi connectivity index (χ1n) is 9.93. The van der Waals surface area contributed by atoms with E-state index in [1.54, 1.807) is 11.8 Å². The molecule has 3 nitrogen and oxygen atoms in total. The van der Waals surface area contributed by atoms with E-state index in [1.165, 1.54) is 0 Å². The third-order valence-corrected chi connectivity index (χ3v) is 6.41. The van der Waals surface area contributed by atoms with Crippen LogP contribution in [0.25, 0.3) is 10.9 Å². The molecule has 0 saturated carbocycles. The molecule has 4 aromatic rings. The van der Waals surface area contributed by atoms with Crippen molar-refractivity contribution in [3.05, 3.63) is 95.8 Å². The highest BCUT2D eigenvalue weighted by molar-refractivity contribution is 7.99. The fourth-order valence-electron chi connectivity index (χ4n) is 3.87. The molecule has 0 N–H and O–H groups in total. The minimum absolute atomic E-state index is 0.0882. The zero-order valence-electron chi connectivity index (χ0n) is 16.7. The van der Waals surface area contributed by atoms with Crippen LogP contribution in [0.5, 0.6) is 0 Å². The summed E-state index contributed by atoms with van der Waals surface area (Å²) in [6, 6.07) is 24.1. The largest absolute Gasteiger partial charge is 0.340 e. The van der Waals surface area contributed by atoms with Gasteiger partial charge in [-0.3, -0.25) is 4.79 Å². The van der Waals surface area contributed by atoms with Gasteiger partial charge in [0, 0.05) is 40.2 Å². The van der Waals surface area contributed by atoms with Gasteiger partial charge in [-0.15, -0.1) is 11.8 Å². The van der Waals surface area contributed by atoms with Gasteiger partial charge in [0.1, 0.15) is 0 Å². The molecular weight excluding hydrogens is 376 g/mol. The van der Waals surface area contributed by atoms with E-state index in [0.717, 1.165) is 44.9 Å². The van der Waals surface area contributed by atoms with Crippen molar-refractivity contribution in [2.24, 2.45) is 0 Å². The number of hydrogen-bond donors (Lipinski definition) is 0. The fourth-order valence-corrected chi connectivity index (χ4v) is 4.93. The number of aromatic nitrogens is 2. The van der Waals surface area contributed by atoms with Gasteiger partial charge in [-0.05, 0) is 31.5 Å². The number of nitrogens with zero attached hydrogens (tertiary/aromatic N) is 2. The summed E-state index contributed by atoms with van der Waals surface area (Å²) in [7, 11) is 0. The van der Waals surface area contributed by atoms with Gasteiger partial charge in [-0.1, -0.05) is 61.5 Å². The van der Waals surface area contributed by atoms with Crippen LogP contribution in [-0.4, -0.2) is 21.1 Å². The summed E-state index contributed by atoms with van der Waals surface area (Å²) in [5, 5.41) is 2.06. The van der Waals surface area contributed by atoms with Crippen LogP contribution < -0.4 is 0 Å². The van der Waals surface area contributed by atoms with Crippen molar-refractivity contribution >= 4 is 28.4 Å². The highest BCUT2D eigenvalue weighted by Gasteiger charge is 2.24. The minimum Gasteiger partial charge on any atom is -0.340 e. The second-order valence-corrected chi connectivity index (χ2v) is 8.12. The Labute approximate surface area is 175 Å². The third kappa shape index (κ3) is 3.85. The second kappa shape index (κ2) is 8.66. The highest BCUT2D eigenvalue weighted by atomic mass is 32.2. The lowest BCUT2D eigenvalue weighted by Gasteiger charge is -2.20. The third-order valence-electron chi connectivity index (χ3n) is 5.32. The van der Waals surface area contributed by atoms with E-state index >= 15 is 0 Å². The standard InChI is InChI=1S/C25H24N2OS/c1-3-20(17-29-23-15-9-10-16-26-23)27-18(2)24(21-13-7-8-14-22(21)27)25(28)19-11-5-4-6-12-19/h4-16,20H,3,17H2,1-2H3. The van der Waals surface area contributed by atoms with E-state index in [9.17, 15) is 4.79 Å². The number of fused-ring (bicyclic) bond motifs is 1. The molecule has 0 aliphatic carbocycles. The van der Waals surface area contributed by atoms with E-state index in [4.69, 9.17) is 0 Å². The molecule has 29 heavy (non-hydrogen) atoms. The fraction of sp³-hybridized carbons (Fsp3) is 0.200. The van der Waals surface area contributed by atoms with Gasteiger partial charge in [0.05, 0.1) is 10.6 Å². The van der Waals surface area contributed by atoms with Crippen LogP contribution >= 0.6 is 11.8 Å². The molecule has 0 radical (unpaired) electrons. The molecule has 1 atom stereocenters. The molecule has 4 rings (SSSR count). The van der Waals surface area contributed by atoms with Crippen LogP contribution in [0, 0.1) is 6.92 Å². The Hall–Kier alpha value is -2.85. The molecule has 0 amide bonds. The van der Waals surface area contributed by atoms with E-state index in [1.807, 2.05) is 66.9 Å². The molecule has 146 valence electrons. The molecule has 2 aromatic carbocycles. The van der Waals surface area contributed by atoms with Crippen molar-refractivity contribution < 1.29 is 4.79 Å². The Balaban J connectivity index is 1.76. The van der Waals surface area contributed by atoms with Gasteiger partial charge in [0.15, 0.2) is 5.78 Å². The predicted octanol–water partition coefficient (Wildman–Crippen LogP) is 6.32. The van der Waals surface area contributed by atoms with Crippen LogP contribution in [0.1, 0.15) is 41.0 Å². The Bertz CT molecular complexity index is 1120. The van der Waals surface area contributed by atoms with Crippen LogP contribution in [0.2, 0.25) is 0 Å². The van der Waals surface area contributed by atoms with Gasteiger partial charge in [-0.25, -0.2) is 4.98 Å². The summed E-state index contributed by atoms with van der Waals surface area (Å²) < 4.78 is 2.35. The second-order valence-electron chi connectivity index (χ2n) is 7.08. The SMILES string of the molecule is CCC(CSc1ccccn1)n1c(C)c(C(=O)c2ccccc2)c2ccccc21. The molecule has 0 saturated heterocycles. The number of ketones is 1. The van der Waals surface area contributed by atoms with E-state index in [-0.39, 0.29) is 11.8 Å². The molecule has 2 heterocycles. The van der Waals surface area contributed by atoms with Crippen molar-refractivity contribution in [1.82, 2.24) is 9.55 Å². The molecule has 0 aliphatic rings. The number of carbonyl (C=O) groups is 1. The number of rotatable bonds is 7. The lowest BCUT2D eigenvalue weighted by Crippen LogP contribution is -2.13. The average Bonchev–Trinajstić information content (AvgIpc) is 3.07. The average molecular weight is 401 g/mol. The minimum atomic E-state index is 0.0882. The molecule has 2 aromatic heterocycles. The normalized spacial score (nSPS) is 12.2. The summed E-state index contributed by atoms with van der Waals surface area (Å²) >= 11 is 1.76. The number of para-hydroxylation sites is 1. The Morgan fingerprint density at radius 1 is 1.00 bits per heavy atom. The first kappa shape index (κ1) is 19.5. The maximum atomic E-state index is 13.4. The summed E-state index contributed by atoms with van der Waals surface area (Å²) in [5.74, 6) is 0.997. The van der Waals surface area contributed by atoms with E-state index in [0.29, 0.717) is 0 Å².